The largest absolute Gasteiger partial charge is 0.506 e. The van der Waals surface area contributed by atoms with E-state index in [2.05, 4.69) is 10.2 Å². The van der Waals surface area contributed by atoms with E-state index in [1.54, 1.807) is 6.07 Å². The number of amides is 1. The lowest BCUT2D eigenvalue weighted by molar-refractivity contribution is -0.132. The first-order valence-electron chi connectivity index (χ1n) is 8.25. The molecule has 2 saturated heterocycles. The van der Waals surface area contributed by atoms with Gasteiger partial charge < -0.3 is 20.2 Å². The number of aromatic hydroxyl groups is 1. The van der Waals surface area contributed by atoms with E-state index in [0.717, 1.165) is 57.8 Å². The van der Waals surface area contributed by atoms with Crippen molar-refractivity contribution in [3.63, 3.8) is 0 Å². The highest BCUT2D eigenvalue weighted by Crippen LogP contribution is 2.27. The summed E-state index contributed by atoms with van der Waals surface area (Å²) in [6.45, 7) is 5.15. The van der Waals surface area contributed by atoms with Gasteiger partial charge in [0.15, 0.2) is 0 Å². The van der Waals surface area contributed by atoms with Gasteiger partial charge in [-0.3, -0.25) is 4.79 Å². The number of carbonyl (C=O) groups excluding carboxylic acids is 1. The Morgan fingerprint density at radius 2 is 1.78 bits per heavy atom. The molecule has 0 atom stereocenters. The van der Waals surface area contributed by atoms with E-state index in [-0.39, 0.29) is 12.4 Å². The van der Waals surface area contributed by atoms with E-state index in [1.165, 1.54) is 0 Å². The van der Waals surface area contributed by atoms with E-state index in [4.69, 9.17) is 0 Å². The average Bonchev–Trinajstić information content (AvgIpc) is 2.56. The molecular weight excluding hydrogens is 314 g/mol. The second kappa shape index (κ2) is 8.41. The second-order valence-corrected chi connectivity index (χ2v) is 6.25. The molecular formula is C17H26ClN3O2. The van der Waals surface area contributed by atoms with E-state index in [0.29, 0.717) is 24.0 Å². The number of nitrogens with one attached hydrogen (secondary N) is 1. The van der Waals surface area contributed by atoms with Crippen molar-refractivity contribution in [2.24, 2.45) is 5.92 Å². The summed E-state index contributed by atoms with van der Waals surface area (Å²) in [5, 5.41) is 13.3. The smallest absolute Gasteiger partial charge is 0.222 e. The Bertz CT molecular complexity index is 512. The Kier molecular flexibility index (Phi) is 6.54. The molecule has 0 saturated carbocycles. The van der Waals surface area contributed by atoms with Gasteiger partial charge in [0.2, 0.25) is 5.91 Å². The van der Waals surface area contributed by atoms with E-state index in [1.807, 2.05) is 23.1 Å². The third-order valence-corrected chi connectivity index (χ3v) is 4.78. The van der Waals surface area contributed by atoms with E-state index < -0.39 is 0 Å². The van der Waals surface area contributed by atoms with E-state index in [9.17, 15) is 9.90 Å². The molecule has 0 bridgehead atoms. The summed E-state index contributed by atoms with van der Waals surface area (Å²) in [6, 6.07) is 7.41. The number of hydrogen-bond acceptors (Lipinski definition) is 4. The van der Waals surface area contributed by atoms with Crippen LogP contribution in [-0.2, 0) is 4.79 Å². The van der Waals surface area contributed by atoms with Crippen molar-refractivity contribution in [2.75, 3.05) is 44.2 Å². The van der Waals surface area contributed by atoms with Gasteiger partial charge in [0.05, 0.1) is 5.69 Å². The zero-order chi connectivity index (χ0) is 15.4. The summed E-state index contributed by atoms with van der Waals surface area (Å²) in [7, 11) is 0. The summed E-state index contributed by atoms with van der Waals surface area (Å²) in [6.07, 6.45) is 2.92. The van der Waals surface area contributed by atoms with Gasteiger partial charge >= 0.3 is 0 Å². The molecule has 2 aliphatic rings. The molecule has 0 aromatic heterocycles. The van der Waals surface area contributed by atoms with Crippen LogP contribution in [0.15, 0.2) is 24.3 Å². The van der Waals surface area contributed by atoms with Crippen molar-refractivity contribution >= 4 is 24.0 Å². The molecule has 0 spiro atoms. The number of halogens is 1. The summed E-state index contributed by atoms with van der Waals surface area (Å²) < 4.78 is 0. The number of hydrogen-bond donors (Lipinski definition) is 2. The fraction of sp³-hybridized carbons (Fsp3) is 0.588. The van der Waals surface area contributed by atoms with Gasteiger partial charge in [-0.15, -0.1) is 12.4 Å². The fourth-order valence-electron chi connectivity index (χ4n) is 3.39. The van der Waals surface area contributed by atoms with Gasteiger partial charge in [-0.2, -0.15) is 0 Å². The van der Waals surface area contributed by atoms with Crippen LogP contribution in [0.4, 0.5) is 5.69 Å². The van der Waals surface area contributed by atoms with Crippen molar-refractivity contribution in [1.82, 2.24) is 10.2 Å². The van der Waals surface area contributed by atoms with Gasteiger partial charge in [0.1, 0.15) is 5.75 Å². The van der Waals surface area contributed by atoms with Crippen LogP contribution in [0.1, 0.15) is 19.3 Å². The van der Waals surface area contributed by atoms with Crippen LogP contribution in [0.3, 0.4) is 0 Å². The number of carbonyl (C=O) groups is 1. The Hall–Kier alpha value is -1.46. The summed E-state index contributed by atoms with van der Waals surface area (Å²) in [5.41, 5.74) is 0.868. The normalized spacial score (nSPS) is 19.3. The van der Waals surface area contributed by atoms with Crippen LogP contribution in [0, 0.1) is 5.92 Å². The van der Waals surface area contributed by atoms with E-state index >= 15 is 0 Å². The molecule has 128 valence electrons. The van der Waals surface area contributed by atoms with Crippen LogP contribution in [0.25, 0.3) is 0 Å². The number of anilines is 1. The molecule has 3 rings (SSSR count). The molecule has 0 aliphatic carbocycles. The Balaban J connectivity index is 0.00000192. The molecule has 1 aromatic rings. The highest BCUT2D eigenvalue weighted by molar-refractivity contribution is 5.85. The first-order chi connectivity index (χ1) is 10.7. The molecule has 2 heterocycles. The average molecular weight is 340 g/mol. The molecule has 1 amide bonds. The number of piperidine rings is 1. The fourth-order valence-corrected chi connectivity index (χ4v) is 3.39. The van der Waals surface area contributed by atoms with Crippen molar-refractivity contribution < 1.29 is 9.90 Å². The lowest BCUT2D eigenvalue weighted by Crippen LogP contribution is -2.49. The van der Waals surface area contributed by atoms with Crippen LogP contribution in [-0.4, -0.2) is 55.2 Å². The number of phenols is 1. The summed E-state index contributed by atoms with van der Waals surface area (Å²) in [4.78, 5) is 16.6. The minimum absolute atomic E-state index is 0. The SMILES string of the molecule is Cl.O=C(CC1CCNCC1)N1CCN(c2ccccc2O)CC1. The lowest BCUT2D eigenvalue weighted by atomic mass is 9.94. The molecule has 2 fully saturated rings. The second-order valence-electron chi connectivity index (χ2n) is 6.25. The van der Waals surface area contributed by atoms with Gasteiger partial charge in [-0.05, 0) is 44.0 Å². The maximum atomic E-state index is 12.4. The zero-order valence-electron chi connectivity index (χ0n) is 13.4. The lowest BCUT2D eigenvalue weighted by Gasteiger charge is -2.37. The van der Waals surface area contributed by atoms with Gasteiger partial charge in [0, 0.05) is 32.6 Å². The summed E-state index contributed by atoms with van der Waals surface area (Å²) >= 11 is 0. The third kappa shape index (κ3) is 4.52. The van der Waals surface area contributed by atoms with Gasteiger partial charge in [-0.25, -0.2) is 0 Å². The molecule has 2 N–H and O–H groups in total. The van der Waals surface area contributed by atoms with Crippen LogP contribution in [0.5, 0.6) is 5.75 Å². The molecule has 23 heavy (non-hydrogen) atoms. The third-order valence-electron chi connectivity index (χ3n) is 4.78. The summed E-state index contributed by atoms with van der Waals surface area (Å²) in [5.74, 6) is 1.16. The quantitative estimate of drug-likeness (QED) is 0.882. The predicted molar refractivity (Wildman–Crippen MR) is 94.4 cm³/mol. The van der Waals surface area contributed by atoms with Gasteiger partial charge in [0.25, 0.3) is 0 Å². The predicted octanol–water partition coefficient (Wildman–Crippen LogP) is 1.85. The number of benzene rings is 1. The van der Waals surface area contributed by atoms with Crippen molar-refractivity contribution in [3.8, 4) is 5.75 Å². The van der Waals surface area contributed by atoms with Crippen LogP contribution in [0.2, 0.25) is 0 Å². The highest BCUT2D eigenvalue weighted by Gasteiger charge is 2.25. The monoisotopic (exact) mass is 339 g/mol. The molecule has 0 radical (unpaired) electrons. The number of piperazine rings is 1. The Morgan fingerprint density at radius 1 is 1.13 bits per heavy atom. The Morgan fingerprint density at radius 3 is 2.43 bits per heavy atom. The maximum absolute atomic E-state index is 12.4. The molecule has 6 heteroatoms. The number of rotatable bonds is 3. The topological polar surface area (TPSA) is 55.8 Å². The standard InChI is InChI=1S/C17H25N3O2.ClH/c21-16-4-2-1-3-15(16)19-9-11-20(12-10-19)17(22)13-14-5-7-18-8-6-14;/h1-4,14,18,21H,5-13H2;1H. The number of para-hydroxylation sites is 2. The maximum Gasteiger partial charge on any atom is 0.222 e. The van der Waals surface area contributed by atoms with Crippen molar-refractivity contribution in [1.29, 1.82) is 0 Å². The van der Waals surface area contributed by atoms with Crippen molar-refractivity contribution in [2.45, 2.75) is 19.3 Å². The number of nitrogens with zero attached hydrogens (tertiary/aromatic N) is 2. The molecule has 5 nitrogen and oxygen atoms in total. The first-order valence-corrected chi connectivity index (χ1v) is 8.25. The van der Waals surface area contributed by atoms with Gasteiger partial charge in [-0.1, -0.05) is 12.1 Å². The number of phenolic OH excluding ortho intramolecular Hbond substituents is 1. The molecule has 2 aliphatic heterocycles. The highest BCUT2D eigenvalue weighted by atomic mass is 35.5. The van der Waals surface area contributed by atoms with Crippen molar-refractivity contribution in [3.05, 3.63) is 24.3 Å². The Labute approximate surface area is 144 Å². The molecule has 0 unspecified atom stereocenters. The van der Waals surface area contributed by atoms with Crippen LogP contribution < -0.4 is 10.2 Å². The zero-order valence-corrected chi connectivity index (χ0v) is 14.2. The van der Waals surface area contributed by atoms with Crippen LogP contribution >= 0.6 is 12.4 Å². The molecule has 1 aromatic carbocycles. The first kappa shape index (κ1) is 17.9. The minimum atomic E-state index is 0. The minimum Gasteiger partial charge on any atom is -0.506 e.